The third-order valence-electron chi connectivity index (χ3n) is 2.66. The molecule has 0 amide bonds. The molecule has 2 aromatic rings. The minimum atomic E-state index is -4.22. The fourth-order valence-corrected chi connectivity index (χ4v) is 2.04. The molecule has 23 heavy (non-hydrogen) atoms. The number of anilines is 1. The van der Waals surface area contributed by atoms with Crippen LogP contribution in [0.4, 0.5) is 11.4 Å². The molecule has 10 heteroatoms. The molecule has 2 rings (SSSR count). The Labute approximate surface area is 154 Å². The van der Waals surface area contributed by atoms with Crippen LogP contribution in [0.2, 0.25) is 0 Å². The van der Waals surface area contributed by atoms with Gasteiger partial charge in [-0.2, -0.15) is 13.5 Å². The number of nitrogens with zero attached hydrogens (tertiary/aromatic N) is 2. The monoisotopic (exact) mass is 344 g/mol. The first-order valence-electron chi connectivity index (χ1n) is 5.97. The molecule has 0 aliphatic rings. The van der Waals surface area contributed by atoms with Gasteiger partial charge in [0.25, 0.3) is 15.8 Å². The van der Waals surface area contributed by atoms with Crippen LogP contribution in [-0.2, 0) is 10.1 Å². The van der Waals surface area contributed by atoms with Gasteiger partial charge in [-0.1, -0.05) is 0 Å². The summed E-state index contributed by atoms with van der Waals surface area (Å²) in [6, 6.07) is 11.2. The van der Waals surface area contributed by atoms with Crippen LogP contribution in [0, 0.1) is 10.1 Å². The van der Waals surface area contributed by atoms with Gasteiger partial charge in [-0.3, -0.25) is 20.1 Å². The largest absolute Gasteiger partial charge is 1.00 e. The van der Waals surface area contributed by atoms with Gasteiger partial charge in [0.05, 0.1) is 21.7 Å². The van der Waals surface area contributed by atoms with Crippen LogP contribution in [0.15, 0.2) is 58.5 Å². The maximum Gasteiger partial charge on any atom is 1.00 e. The minimum Gasteiger partial charge on any atom is -0.282 e. The van der Waals surface area contributed by atoms with Crippen molar-refractivity contribution in [3.63, 3.8) is 0 Å². The van der Waals surface area contributed by atoms with Crippen LogP contribution in [-0.4, -0.2) is 24.1 Å². The van der Waals surface area contributed by atoms with Gasteiger partial charge in [0.2, 0.25) is 0 Å². The molecule has 0 heterocycles. The summed E-state index contributed by atoms with van der Waals surface area (Å²) in [6.45, 7) is 0. The summed E-state index contributed by atoms with van der Waals surface area (Å²) in [5, 5.41) is 14.4. The summed E-state index contributed by atoms with van der Waals surface area (Å²) < 4.78 is 30.6. The van der Waals surface area contributed by atoms with Crippen LogP contribution in [0.25, 0.3) is 0 Å². The molecule has 2 aromatic carbocycles. The number of nitro benzene ring substituents is 1. The van der Waals surface area contributed by atoms with Gasteiger partial charge in [0.1, 0.15) is 0 Å². The Balaban J connectivity index is 0.00000264. The predicted octanol–water partition coefficient (Wildman–Crippen LogP) is -0.708. The average molecular weight is 344 g/mol. The van der Waals surface area contributed by atoms with Crippen LogP contribution >= 0.6 is 0 Å². The van der Waals surface area contributed by atoms with E-state index in [-0.39, 0.29) is 40.1 Å². The average Bonchev–Trinajstić information content (AvgIpc) is 2.47. The van der Waals surface area contributed by atoms with Gasteiger partial charge in [-0.05, 0) is 42.0 Å². The molecule has 0 atom stereocenters. The van der Waals surface area contributed by atoms with Crippen molar-refractivity contribution < 1.29 is 47.5 Å². The molecule has 2 N–H and O–H groups in total. The van der Waals surface area contributed by atoms with E-state index in [4.69, 9.17) is 4.55 Å². The smallest absolute Gasteiger partial charge is 0.282 e. The van der Waals surface area contributed by atoms with Gasteiger partial charge in [-0.25, -0.2) is 0 Å². The summed E-state index contributed by atoms with van der Waals surface area (Å²) in [5.74, 6) is 0. The molecule has 0 saturated carbocycles. The third kappa shape index (κ3) is 5.73. The fourth-order valence-electron chi connectivity index (χ4n) is 1.56. The zero-order valence-corrected chi connectivity index (χ0v) is 14.9. The second-order valence-corrected chi connectivity index (χ2v) is 5.64. The van der Waals surface area contributed by atoms with E-state index in [1.54, 1.807) is 12.1 Å². The second-order valence-electron chi connectivity index (χ2n) is 4.22. The van der Waals surface area contributed by atoms with Crippen molar-refractivity contribution >= 4 is 27.7 Å². The SMILES string of the molecule is O=[N+]([O-])c1ccc(/C=N/Nc2ccc(S(=O)(=O)O)cc2)cc1.[Na+]. The van der Waals surface area contributed by atoms with Crippen molar-refractivity contribution in [1.82, 2.24) is 0 Å². The Morgan fingerprint density at radius 2 is 1.65 bits per heavy atom. The predicted molar refractivity (Wildman–Crippen MR) is 80.6 cm³/mol. The molecule has 0 spiro atoms. The Bertz CT molecular complexity index is 805. The topological polar surface area (TPSA) is 122 Å². The minimum absolute atomic E-state index is 0. The van der Waals surface area contributed by atoms with Crippen molar-refractivity contribution in [2.45, 2.75) is 4.90 Å². The molecule has 0 aliphatic heterocycles. The van der Waals surface area contributed by atoms with Crippen molar-refractivity contribution in [2.24, 2.45) is 5.10 Å². The van der Waals surface area contributed by atoms with Crippen LogP contribution in [0.5, 0.6) is 0 Å². The normalized spacial score (nSPS) is 11.0. The van der Waals surface area contributed by atoms with Gasteiger partial charge in [0, 0.05) is 12.1 Å². The number of nitro groups is 1. The molecule has 0 radical (unpaired) electrons. The third-order valence-corrected chi connectivity index (χ3v) is 3.53. The second kappa shape index (κ2) is 8.18. The maximum absolute atomic E-state index is 10.9. The van der Waals surface area contributed by atoms with E-state index in [0.717, 1.165) is 0 Å². The van der Waals surface area contributed by atoms with E-state index in [1.165, 1.54) is 42.6 Å². The molecule has 8 nitrogen and oxygen atoms in total. The Kier molecular flexibility index (Phi) is 6.85. The molecular weight excluding hydrogens is 333 g/mol. The maximum atomic E-state index is 10.9. The van der Waals surface area contributed by atoms with E-state index in [1.807, 2.05) is 0 Å². The summed E-state index contributed by atoms with van der Waals surface area (Å²) >= 11 is 0. The molecule has 0 aromatic heterocycles. The number of hydrogen-bond acceptors (Lipinski definition) is 6. The van der Waals surface area contributed by atoms with E-state index >= 15 is 0 Å². The fraction of sp³-hybridized carbons (Fsp3) is 0. The molecule has 0 bridgehead atoms. The molecule has 0 saturated heterocycles. The Hall–Kier alpha value is -1.78. The van der Waals surface area contributed by atoms with Crippen LogP contribution in [0.3, 0.4) is 0 Å². The van der Waals surface area contributed by atoms with Crippen molar-refractivity contribution in [3.8, 4) is 0 Å². The molecule has 114 valence electrons. The Morgan fingerprint density at radius 3 is 2.13 bits per heavy atom. The molecule has 0 unspecified atom stereocenters. The summed E-state index contributed by atoms with van der Waals surface area (Å²) in [6.07, 6.45) is 1.46. The van der Waals surface area contributed by atoms with Gasteiger partial charge in [-0.15, -0.1) is 0 Å². The van der Waals surface area contributed by atoms with Crippen molar-refractivity contribution in [3.05, 3.63) is 64.2 Å². The first-order chi connectivity index (χ1) is 10.4. The number of non-ortho nitro benzene ring substituents is 1. The summed E-state index contributed by atoms with van der Waals surface area (Å²) in [7, 11) is -4.22. The summed E-state index contributed by atoms with van der Waals surface area (Å²) in [4.78, 5) is 9.81. The number of hydrogen-bond donors (Lipinski definition) is 2. The zero-order valence-electron chi connectivity index (χ0n) is 12.1. The van der Waals surface area contributed by atoms with Crippen molar-refractivity contribution in [1.29, 1.82) is 0 Å². The van der Waals surface area contributed by atoms with E-state index in [2.05, 4.69) is 10.5 Å². The molecule has 0 aliphatic carbocycles. The van der Waals surface area contributed by atoms with E-state index in [9.17, 15) is 18.5 Å². The van der Waals surface area contributed by atoms with Gasteiger partial charge in [0.15, 0.2) is 0 Å². The number of rotatable bonds is 5. The van der Waals surface area contributed by atoms with Crippen LogP contribution < -0.4 is 35.0 Å². The number of hydrazone groups is 1. The Morgan fingerprint density at radius 1 is 1.09 bits per heavy atom. The zero-order chi connectivity index (χ0) is 16.2. The quantitative estimate of drug-likeness (QED) is 0.243. The first-order valence-corrected chi connectivity index (χ1v) is 7.41. The van der Waals surface area contributed by atoms with Gasteiger partial charge >= 0.3 is 29.6 Å². The molecular formula is C13H11N3NaO5S+. The van der Waals surface area contributed by atoms with Crippen LogP contribution in [0.1, 0.15) is 5.56 Å². The molecule has 0 fully saturated rings. The standard InChI is InChI=1S/C13H11N3O5S.Na/c17-16(18)12-5-1-10(2-6-12)9-14-15-11-3-7-13(8-4-11)22(19,20)21;/h1-9,15H,(H,19,20,21);/q;+1/b14-9+;. The summed E-state index contributed by atoms with van der Waals surface area (Å²) in [5.41, 5.74) is 3.84. The van der Waals surface area contributed by atoms with Gasteiger partial charge < -0.3 is 0 Å². The number of benzene rings is 2. The van der Waals surface area contributed by atoms with E-state index in [0.29, 0.717) is 11.3 Å². The first kappa shape index (κ1) is 19.3. The van der Waals surface area contributed by atoms with Crippen molar-refractivity contribution in [2.75, 3.05) is 5.43 Å². The van der Waals surface area contributed by atoms with E-state index < -0.39 is 15.0 Å². The number of nitrogens with one attached hydrogen (secondary N) is 1.